The molecule has 0 aliphatic rings. The number of carbonyl (C=O) groups is 2. The zero-order valence-electron chi connectivity index (χ0n) is 9.13. The normalized spacial score (nSPS) is 8.81. The van der Waals surface area contributed by atoms with Gasteiger partial charge in [0.2, 0.25) is 0 Å². The number of carbonyl (C=O) groups excluding carboxylic acids is 2. The van der Waals surface area contributed by atoms with E-state index in [-0.39, 0.29) is 0 Å². The molecule has 84 valence electrons. The van der Waals surface area contributed by atoms with Gasteiger partial charge in [0, 0.05) is 0 Å². The fraction of sp³-hybridized carbons (Fsp3) is 0.0769. The van der Waals surface area contributed by atoms with Gasteiger partial charge in [0.25, 0.3) is 0 Å². The molecule has 0 fully saturated rings. The minimum Gasteiger partial charge on any atom is -0.497 e. The van der Waals surface area contributed by atoms with Crippen molar-refractivity contribution in [2.75, 3.05) is 7.11 Å². The zero-order chi connectivity index (χ0) is 12.2. The van der Waals surface area contributed by atoms with Crippen LogP contribution in [0.2, 0.25) is 0 Å². The molecule has 0 bridgehead atoms. The Morgan fingerprint density at radius 3 is 2.06 bits per heavy atom. The summed E-state index contributed by atoms with van der Waals surface area (Å²) in [7, 11) is 1.62. The third-order valence-electron chi connectivity index (χ3n) is 1.58. The molecule has 1 aromatic rings. The van der Waals surface area contributed by atoms with Gasteiger partial charge in [0.1, 0.15) is 18.3 Å². The van der Waals surface area contributed by atoms with E-state index in [2.05, 4.69) is 6.58 Å². The maximum absolute atomic E-state index is 9.99. The standard InChI is InChI=1S/C10H10O2.C3H4O/c1-12-10-6-4-9(5-7-10)3-2-8-11;1-2-3-4/h2-8H,1H3;2-3H,1H2. The Balaban J connectivity index is 0.000000487. The summed E-state index contributed by atoms with van der Waals surface area (Å²) in [5, 5.41) is 0. The molecule has 16 heavy (non-hydrogen) atoms. The van der Waals surface area contributed by atoms with E-state index >= 15 is 0 Å². The van der Waals surface area contributed by atoms with Gasteiger partial charge >= 0.3 is 0 Å². The summed E-state index contributed by atoms with van der Waals surface area (Å²) >= 11 is 0. The lowest BCUT2D eigenvalue weighted by Gasteiger charge is -1.98. The molecule has 0 aliphatic carbocycles. The minimum absolute atomic E-state index is 0.639. The van der Waals surface area contributed by atoms with Gasteiger partial charge in [-0.25, -0.2) is 0 Å². The van der Waals surface area contributed by atoms with Crippen LogP contribution in [-0.4, -0.2) is 19.7 Å². The molecule has 0 spiro atoms. The van der Waals surface area contributed by atoms with Gasteiger partial charge in [-0.1, -0.05) is 24.8 Å². The highest BCUT2D eigenvalue weighted by atomic mass is 16.5. The number of benzene rings is 1. The summed E-state index contributed by atoms with van der Waals surface area (Å²) in [6.07, 6.45) is 5.79. The van der Waals surface area contributed by atoms with Crippen LogP contribution < -0.4 is 4.74 Å². The molecule has 0 aliphatic heterocycles. The summed E-state index contributed by atoms with van der Waals surface area (Å²) in [5.41, 5.74) is 0.989. The van der Waals surface area contributed by atoms with Crippen molar-refractivity contribution in [3.63, 3.8) is 0 Å². The molecule has 0 N–H and O–H groups in total. The monoisotopic (exact) mass is 218 g/mol. The van der Waals surface area contributed by atoms with E-state index in [9.17, 15) is 4.79 Å². The molecule has 3 nitrogen and oxygen atoms in total. The highest BCUT2D eigenvalue weighted by molar-refractivity contribution is 5.73. The van der Waals surface area contributed by atoms with Crippen molar-refractivity contribution in [1.29, 1.82) is 0 Å². The maximum Gasteiger partial charge on any atom is 0.142 e. The second-order valence-corrected chi connectivity index (χ2v) is 2.64. The molecule has 0 saturated heterocycles. The van der Waals surface area contributed by atoms with E-state index in [0.29, 0.717) is 6.29 Å². The molecule has 0 radical (unpaired) electrons. The third kappa shape index (κ3) is 6.32. The second kappa shape index (κ2) is 9.40. The first-order chi connectivity index (χ1) is 7.78. The molecule has 1 rings (SSSR count). The third-order valence-corrected chi connectivity index (χ3v) is 1.58. The van der Waals surface area contributed by atoms with E-state index in [4.69, 9.17) is 9.53 Å². The number of aldehydes is 2. The Hall–Kier alpha value is -2.16. The molecule has 0 amide bonds. The van der Waals surface area contributed by atoms with Crippen molar-refractivity contribution >= 4 is 18.6 Å². The van der Waals surface area contributed by atoms with E-state index < -0.39 is 0 Å². The molecule has 0 saturated carbocycles. The molecule has 0 heterocycles. The Morgan fingerprint density at radius 2 is 1.69 bits per heavy atom. The van der Waals surface area contributed by atoms with E-state index in [0.717, 1.165) is 17.6 Å². The van der Waals surface area contributed by atoms with Gasteiger partial charge in [-0.05, 0) is 29.8 Å². The van der Waals surface area contributed by atoms with Crippen LogP contribution in [0, 0.1) is 0 Å². The summed E-state index contributed by atoms with van der Waals surface area (Å²) in [5.74, 6) is 0.818. The molecule has 0 unspecified atom stereocenters. The van der Waals surface area contributed by atoms with Crippen LogP contribution >= 0.6 is 0 Å². The van der Waals surface area contributed by atoms with Crippen LogP contribution in [-0.2, 0) is 9.59 Å². The number of hydrogen-bond donors (Lipinski definition) is 0. The summed E-state index contributed by atoms with van der Waals surface area (Å²) in [6.45, 7) is 3.11. The number of methoxy groups -OCH3 is 1. The minimum atomic E-state index is 0.639. The lowest BCUT2D eigenvalue weighted by atomic mass is 10.2. The highest BCUT2D eigenvalue weighted by Crippen LogP contribution is 2.11. The van der Waals surface area contributed by atoms with Crippen LogP contribution in [0.5, 0.6) is 5.75 Å². The predicted octanol–water partition coefficient (Wildman–Crippen LogP) is 2.28. The first kappa shape index (κ1) is 13.8. The van der Waals surface area contributed by atoms with Crippen molar-refractivity contribution in [3.8, 4) is 5.75 Å². The maximum atomic E-state index is 9.99. The predicted molar refractivity (Wildman–Crippen MR) is 64.4 cm³/mol. The Kier molecular flexibility index (Phi) is 8.13. The van der Waals surface area contributed by atoms with Crippen molar-refractivity contribution in [2.24, 2.45) is 0 Å². The van der Waals surface area contributed by atoms with Crippen LogP contribution in [0.1, 0.15) is 5.56 Å². The Morgan fingerprint density at radius 1 is 1.12 bits per heavy atom. The summed E-state index contributed by atoms with van der Waals surface area (Å²) in [6, 6.07) is 7.48. The van der Waals surface area contributed by atoms with Crippen LogP contribution in [0.4, 0.5) is 0 Å². The largest absolute Gasteiger partial charge is 0.497 e. The van der Waals surface area contributed by atoms with E-state index in [1.165, 1.54) is 12.2 Å². The lowest BCUT2D eigenvalue weighted by molar-refractivity contribution is -0.104. The van der Waals surface area contributed by atoms with Crippen molar-refractivity contribution in [3.05, 3.63) is 48.6 Å². The quantitative estimate of drug-likeness (QED) is 0.575. The first-order valence-electron chi connectivity index (χ1n) is 4.60. The van der Waals surface area contributed by atoms with E-state index in [1.54, 1.807) is 13.2 Å². The van der Waals surface area contributed by atoms with Gasteiger partial charge in [-0.15, -0.1) is 0 Å². The number of rotatable bonds is 4. The van der Waals surface area contributed by atoms with Crippen molar-refractivity contribution < 1.29 is 14.3 Å². The van der Waals surface area contributed by atoms with Crippen molar-refractivity contribution in [1.82, 2.24) is 0 Å². The van der Waals surface area contributed by atoms with Gasteiger partial charge in [0.05, 0.1) is 7.11 Å². The summed E-state index contributed by atoms with van der Waals surface area (Å²) in [4.78, 5) is 19.0. The van der Waals surface area contributed by atoms with Crippen LogP contribution in [0.3, 0.4) is 0 Å². The Bertz CT molecular complexity index is 344. The molecule has 0 aromatic heterocycles. The second-order valence-electron chi connectivity index (χ2n) is 2.64. The van der Waals surface area contributed by atoms with Crippen LogP contribution in [0.25, 0.3) is 6.08 Å². The SMILES string of the molecule is C=CC=O.COc1ccc(C=CC=O)cc1. The van der Waals surface area contributed by atoms with Crippen molar-refractivity contribution in [2.45, 2.75) is 0 Å². The number of allylic oxidation sites excluding steroid dienone is 2. The lowest BCUT2D eigenvalue weighted by Crippen LogP contribution is -1.81. The first-order valence-corrected chi connectivity index (χ1v) is 4.60. The van der Waals surface area contributed by atoms with Gasteiger partial charge < -0.3 is 4.74 Å². The smallest absolute Gasteiger partial charge is 0.142 e. The average Bonchev–Trinajstić information content (AvgIpc) is 2.37. The molecule has 3 heteroatoms. The number of ether oxygens (including phenoxy) is 1. The zero-order valence-corrected chi connectivity index (χ0v) is 9.13. The summed E-state index contributed by atoms with van der Waals surface area (Å²) < 4.78 is 4.98. The molecule has 1 aromatic carbocycles. The van der Waals surface area contributed by atoms with Crippen LogP contribution in [0.15, 0.2) is 43.0 Å². The molecule has 0 atom stereocenters. The number of hydrogen-bond acceptors (Lipinski definition) is 3. The van der Waals surface area contributed by atoms with Gasteiger partial charge in [0.15, 0.2) is 0 Å². The Labute approximate surface area is 95.0 Å². The van der Waals surface area contributed by atoms with E-state index in [1.807, 2.05) is 24.3 Å². The average molecular weight is 218 g/mol. The van der Waals surface area contributed by atoms with Gasteiger partial charge in [-0.2, -0.15) is 0 Å². The fourth-order valence-electron chi connectivity index (χ4n) is 0.865. The van der Waals surface area contributed by atoms with Gasteiger partial charge in [-0.3, -0.25) is 9.59 Å². The molecular formula is C13H14O3. The topological polar surface area (TPSA) is 43.4 Å². The fourth-order valence-corrected chi connectivity index (χ4v) is 0.865. The highest BCUT2D eigenvalue weighted by Gasteiger charge is 1.88. The molecular weight excluding hydrogens is 204 g/mol.